The van der Waals surface area contributed by atoms with Gasteiger partial charge in [0.2, 0.25) is 0 Å². The number of carbonyl (C=O) groups is 1. The molecular formula is C35H52N2O3. The van der Waals surface area contributed by atoms with Gasteiger partial charge in [-0.3, -0.25) is 14.5 Å². The molecule has 0 saturated carbocycles. The van der Waals surface area contributed by atoms with Crippen molar-refractivity contribution in [3.8, 4) is 0 Å². The summed E-state index contributed by atoms with van der Waals surface area (Å²) in [6.07, 6.45) is 3.34. The van der Waals surface area contributed by atoms with Gasteiger partial charge in [-0.25, -0.2) is 0 Å². The molecule has 2 aromatic carbocycles. The highest BCUT2D eigenvalue weighted by atomic mass is 16.7. The molecule has 5 heteroatoms. The third-order valence-corrected chi connectivity index (χ3v) is 9.03. The second kappa shape index (κ2) is 11.2. The Hall–Kier alpha value is -2.21. The van der Waals surface area contributed by atoms with Gasteiger partial charge in [0.05, 0.1) is 11.5 Å². The van der Waals surface area contributed by atoms with Crippen LogP contribution in [0.4, 0.5) is 0 Å². The molecule has 4 atom stereocenters. The van der Waals surface area contributed by atoms with Gasteiger partial charge in [0.1, 0.15) is 5.60 Å². The van der Waals surface area contributed by atoms with E-state index >= 15 is 0 Å². The van der Waals surface area contributed by atoms with E-state index in [9.17, 15) is 4.79 Å². The molecule has 2 aliphatic rings. The summed E-state index contributed by atoms with van der Waals surface area (Å²) >= 11 is 0. The van der Waals surface area contributed by atoms with Crippen molar-refractivity contribution in [1.29, 1.82) is 0 Å². The number of hydrogen-bond acceptors (Lipinski definition) is 5. The first-order valence-corrected chi connectivity index (χ1v) is 15.1. The SMILES string of the molecule is C[C@H](c1ccccc1)N1C[C@H](C(C)(C)ON2C(C)(C)CCCC2(C)C)[C@H](C(=O)OC(C)(C)C)[C@H]1c1ccccc1. The van der Waals surface area contributed by atoms with E-state index in [0.29, 0.717) is 0 Å². The molecule has 2 aliphatic heterocycles. The fourth-order valence-corrected chi connectivity index (χ4v) is 7.09. The minimum absolute atomic E-state index is 0.0905. The molecule has 220 valence electrons. The highest BCUT2D eigenvalue weighted by Gasteiger charge is 2.57. The summed E-state index contributed by atoms with van der Waals surface area (Å²) in [5.41, 5.74) is 0.973. The highest BCUT2D eigenvalue weighted by molar-refractivity contribution is 5.75. The Morgan fingerprint density at radius 2 is 1.40 bits per heavy atom. The van der Waals surface area contributed by atoms with Crippen molar-refractivity contribution in [3.63, 3.8) is 0 Å². The fourth-order valence-electron chi connectivity index (χ4n) is 7.09. The topological polar surface area (TPSA) is 42.0 Å². The Balaban J connectivity index is 1.81. The number of piperidine rings is 1. The number of likely N-dealkylation sites (tertiary alicyclic amines) is 1. The number of carbonyl (C=O) groups excluding carboxylic acids is 1. The van der Waals surface area contributed by atoms with Crippen LogP contribution < -0.4 is 0 Å². The van der Waals surface area contributed by atoms with Crippen LogP contribution in [0.1, 0.15) is 112 Å². The van der Waals surface area contributed by atoms with Gasteiger partial charge in [-0.1, -0.05) is 60.7 Å². The summed E-state index contributed by atoms with van der Waals surface area (Å²) in [5.74, 6) is -0.631. The molecule has 2 aromatic rings. The summed E-state index contributed by atoms with van der Waals surface area (Å²) in [5, 5.41) is 2.25. The van der Waals surface area contributed by atoms with Gasteiger partial charge in [0.25, 0.3) is 0 Å². The van der Waals surface area contributed by atoms with E-state index in [1.54, 1.807) is 0 Å². The predicted octanol–water partition coefficient (Wildman–Crippen LogP) is 8.13. The van der Waals surface area contributed by atoms with E-state index in [0.717, 1.165) is 24.9 Å². The second-order valence-electron chi connectivity index (χ2n) is 14.8. The monoisotopic (exact) mass is 548 g/mol. The molecule has 0 aliphatic carbocycles. The fraction of sp³-hybridized carbons (Fsp3) is 0.629. The molecule has 2 heterocycles. The average Bonchev–Trinajstić information content (AvgIpc) is 3.28. The Kier molecular flexibility index (Phi) is 8.63. The molecule has 0 bridgehead atoms. The second-order valence-corrected chi connectivity index (χ2v) is 14.8. The number of nitrogens with zero attached hydrogens (tertiary/aromatic N) is 2. The smallest absolute Gasteiger partial charge is 0.311 e. The molecule has 0 unspecified atom stereocenters. The molecule has 4 rings (SSSR count). The average molecular weight is 549 g/mol. The highest BCUT2D eigenvalue weighted by Crippen LogP contribution is 2.51. The van der Waals surface area contributed by atoms with Crippen LogP contribution in [-0.2, 0) is 14.4 Å². The summed E-state index contributed by atoms with van der Waals surface area (Å²) in [4.78, 5) is 23.9. The van der Waals surface area contributed by atoms with Crippen LogP contribution in [0.2, 0.25) is 0 Å². The van der Waals surface area contributed by atoms with E-state index in [2.05, 4.69) is 113 Å². The summed E-state index contributed by atoms with van der Waals surface area (Å²) in [7, 11) is 0. The molecule has 0 radical (unpaired) electrons. The van der Waals surface area contributed by atoms with Crippen LogP contribution in [-0.4, -0.2) is 44.8 Å². The van der Waals surface area contributed by atoms with E-state index in [4.69, 9.17) is 9.57 Å². The van der Waals surface area contributed by atoms with Gasteiger partial charge >= 0.3 is 5.97 Å². The predicted molar refractivity (Wildman–Crippen MR) is 163 cm³/mol. The number of benzene rings is 2. The lowest BCUT2D eigenvalue weighted by atomic mass is 9.77. The zero-order chi connectivity index (χ0) is 29.5. The molecular weight excluding hydrogens is 496 g/mol. The van der Waals surface area contributed by atoms with Crippen LogP contribution in [0, 0.1) is 11.8 Å². The summed E-state index contributed by atoms with van der Waals surface area (Å²) in [6, 6.07) is 21.1. The van der Waals surface area contributed by atoms with Gasteiger partial charge < -0.3 is 4.74 Å². The molecule has 2 fully saturated rings. The van der Waals surface area contributed by atoms with E-state index < -0.39 is 11.2 Å². The van der Waals surface area contributed by atoms with E-state index in [1.807, 2.05) is 26.8 Å². The van der Waals surface area contributed by atoms with E-state index in [-0.39, 0.29) is 41.0 Å². The Bertz CT molecular complexity index is 1120. The molecule has 0 N–H and O–H groups in total. The largest absolute Gasteiger partial charge is 0.460 e. The van der Waals surface area contributed by atoms with Crippen LogP contribution in [0.25, 0.3) is 0 Å². The maximum Gasteiger partial charge on any atom is 0.311 e. The van der Waals surface area contributed by atoms with E-state index in [1.165, 1.54) is 12.0 Å². The molecule has 0 spiro atoms. The Morgan fingerprint density at radius 3 is 1.93 bits per heavy atom. The first-order valence-electron chi connectivity index (χ1n) is 15.1. The number of rotatable bonds is 7. The Labute approximate surface area is 243 Å². The van der Waals surface area contributed by atoms with Crippen molar-refractivity contribution in [2.24, 2.45) is 11.8 Å². The molecule has 0 aromatic heterocycles. The van der Waals surface area contributed by atoms with Crippen LogP contribution in [0.5, 0.6) is 0 Å². The maximum absolute atomic E-state index is 14.2. The quantitative estimate of drug-likeness (QED) is 0.327. The van der Waals surface area contributed by atoms with Crippen molar-refractivity contribution in [1.82, 2.24) is 9.96 Å². The zero-order valence-corrected chi connectivity index (χ0v) is 26.5. The number of ether oxygens (including phenoxy) is 1. The third-order valence-electron chi connectivity index (χ3n) is 9.03. The minimum Gasteiger partial charge on any atom is -0.460 e. The standard InChI is InChI=1S/C35H52N2O3/c1-25(26-18-13-11-14-19-26)36-24-28(35(9,10)40-37-33(5,6)22-17-23-34(37,7)8)29(31(38)39-32(2,3)4)30(36)27-20-15-12-16-21-27/h11-16,18-21,25,28-30H,17,22-24H2,1-10H3/t25-,28+,29+,30-/m1/s1. The lowest BCUT2D eigenvalue weighted by molar-refractivity contribution is -0.340. The van der Waals surface area contributed by atoms with Crippen LogP contribution in [0.3, 0.4) is 0 Å². The first kappa shape index (κ1) is 30.7. The normalized spacial score (nSPS) is 26.4. The van der Waals surface area contributed by atoms with Crippen molar-refractivity contribution < 1.29 is 14.4 Å². The third kappa shape index (κ3) is 6.48. The van der Waals surface area contributed by atoms with Crippen molar-refractivity contribution >= 4 is 5.97 Å². The maximum atomic E-state index is 14.2. The van der Waals surface area contributed by atoms with Crippen LogP contribution >= 0.6 is 0 Å². The lowest BCUT2D eigenvalue weighted by Crippen LogP contribution is -2.62. The molecule has 2 saturated heterocycles. The van der Waals surface area contributed by atoms with Gasteiger partial charge in [0.15, 0.2) is 0 Å². The van der Waals surface area contributed by atoms with Crippen molar-refractivity contribution in [2.75, 3.05) is 6.54 Å². The van der Waals surface area contributed by atoms with Gasteiger partial charge in [0, 0.05) is 35.6 Å². The lowest BCUT2D eigenvalue weighted by Gasteiger charge is -2.54. The molecule has 40 heavy (non-hydrogen) atoms. The van der Waals surface area contributed by atoms with Gasteiger partial charge in [-0.15, -0.1) is 0 Å². The summed E-state index contributed by atoms with van der Waals surface area (Å²) in [6.45, 7) is 22.3. The Morgan fingerprint density at radius 1 is 0.875 bits per heavy atom. The van der Waals surface area contributed by atoms with Gasteiger partial charge in [-0.05, 0) is 99.6 Å². The zero-order valence-electron chi connectivity index (χ0n) is 26.5. The van der Waals surface area contributed by atoms with Crippen LogP contribution in [0.15, 0.2) is 60.7 Å². The van der Waals surface area contributed by atoms with Crippen molar-refractivity contribution in [3.05, 3.63) is 71.8 Å². The molecule has 5 nitrogen and oxygen atoms in total. The number of hydrogen-bond donors (Lipinski definition) is 0. The first-order chi connectivity index (χ1) is 18.5. The minimum atomic E-state index is -0.619. The molecule has 0 amide bonds. The number of esters is 1. The van der Waals surface area contributed by atoms with Gasteiger partial charge in [-0.2, -0.15) is 5.06 Å². The number of hydroxylamine groups is 2. The summed E-state index contributed by atoms with van der Waals surface area (Å²) < 4.78 is 6.17. The van der Waals surface area contributed by atoms with Crippen molar-refractivity contribution in [2.45, 2.75) is 123 Å².